The summed E-state index contributed by atoms with van der Waals surface area (Å²) >= 11 is 0. The Kier molecular flexibility index (Phi) is 5.43. The first-order chi connectivity index (χ1) is 12.4. The molecule has 0 spiro atoms. The van der Waals surface area contributed by atoms with E-state index in [2.05, 4.69) is 9.72 Å². The normalized spacial score (nSPS) is 12.9. The summed E-state index contributed by atoms with van der Waals surface area (Å²) in [5, 5.41) is 0. The van der Waals surface area contributed by atoms with Gasteiger partial charge in [-0.05, 0) is 24.3 Å². The number of hydrogen-bond donors (Lipinski definition) is 0. The lowest BCUT2D eigenvalue weighted by Crippen LogP contribution is -2.61. The molecule has 11 heteroatoms. The number of hydrogen-bond acceptors (Lipinski definition) is 3. The zero-order valence-corrected chi connectivity index (χ0v) is 13.0. The second-order valence-electron chi connectivity index (χ2n) is 5.17. The van der Waals surface area contributed by atoms with E-state index in [4.69, 9.17) is 0 Å². The Morgan fingerprint density at radius 1 is 0.926 bits per heavy atom. The second kappa shape index (κ2) is 7.12. The Balaban J connectivity index is 2.38. The van der Waals surface area contributed by atoms with Crippen molar-refractivity contribution >= 4 is 5.97 Å². The average Bonchev–Trinajstić information content (AvgIpc) is 2.62. The Morgan fingerprint density at radius 2 is 1.52 bits per heavy atom. The molecule has 27 heavy (non-hydrogen) atoms. The number of pyridine rings is 1. The average molecular weight is 399 g/mol. The molecular formula is C16H9F8NO2. The lowest BCUT2D eigenvalue weighted by molar-refractivity contribution is -0.330. The standard InChI is InChI=1S/C16H9F8NO2/c17-12(18)14(19,20)16(23,24)15(21,22)13(26)27-11-7-2-1-5-9(11)10-6-3-4-8-25-10/h1-8,12H. The van der Waals surface area contributed by atoms with Gasteiger partial charge >= 0.3 is 30.2 Å². The molecule has 2 rings (SSSR count). The highest BCUT2D eigenvalue weighted by Crippen LogP contribution is 2.49. The first-order valence-corrected chi connectivity index (χ1v) is 7.07. The maximum atomic E-state index is 13.6. The summed E-state index contributed by atoms with van der Waals surface area (Å²) in [4.78, 5) is 15.3. The van der Waals surface area contributed by atoms with Gasteiger partial charge in [-0.25, -0.2) is 13.6 Å². The molecule has 1 aromatic carbocycles. The van der Waals surface area contributed by atoms with Gasteiger partial charge in [0.25, 0.3) is 0 Å². The SMILES string of the molecule is O=C(Oc1ccccc1-c1ccccn1)C(F)(F)C(F)(F)C(F)(F)C(F)F. The van der Waals surface area contributed by atoms with Gasteiger partial charge in [0.15, 0.2) is 0 Å². The van der Waals surface area contributed by atoms with E-state index >= 15 is 0 Å². The molecular weight excluding hydrogens is 390 g/mol. The number of carbonyl (C=O) groups is 1. The third kappa shape index (κ3) is 3.58. The predicted molar refractivity (Wildman–Crippen MR) is 76.2 cm³/mol. The van der Waals surface area contributed by atoms with Gasteiger partial charge in [0, 0.05) is 11.8 Å². The van der Waals surface area contributed by atoms with Gasteiger partial charge < -0.3 is 4.74 Å². The van der Waals surface area contributed by atoms with Gasteiger partial charge in [0.05, 0.1) is 5.69 Å². The number of benzene rings is 1. The summed E-state index contributed by atoms with van der Waals surface area (Å²) in [5.41, 5.74) is 0.0000675. The highest BCUT2D eigenvalue weighted by atomic mass is 19.4. The van der Waals surface area contributed by atoms with Crippen LogP contribution in [0.2, 0.25) is 0 Å². The topological polar surface area (TPSA) is 39.2 Å². The van der Waals surface area contributed by atoms with Gasteiger partial charge in [-0.1, -0.05) is 18.2 Å². The van der Waals surface area contributed by atoms with Crippen molar-refractivity contribution in [3.63, 3.8) is 0 Å². The van der Waals surface area contributed by atoms with E-state index in [1.165, 1.54) is 42.6 Å². The van der Waals surface area contributed by atoms with Crippen LogP contribution in [0, 0.1) is 0 Å². The van der Waals surface area contributed by atoms with Crippen molar-refractivity contribution in [3.05, 3.63) is 48.7 Å². The largest absolute Gasteiger partial charge is 0.421 e. The van der Waals surface area contributed by atoms with Crippen molar-refractivity contribution in [3.8, 4) is 17.0 Å². The Bertz CT molecular complexity index is 811. The Morgan fingerprint density at radius 3 is 2.07 bits per heavy atom. The molecule has 0 N–H and O–H groups in total. The van der Waals surface area contributed by atoms with E-state index in [9.17, 15) is 39.9 Å². The third-order valence-electron chi connectivity index (χ3n) is 3.37. The number of halogens is 8. The number of esters is 1. The molecule has 0 aliphatic heterocycles. The van der Waals surface area contributed by atoms with E-state index in [0.29, 0.717) is 0 Å². The summed E-state index contributed by atoms with van der Waals surface area (Å²) in [5.74, 6) is -23.2. The van der Waals surface area contributed by atoms with Crippen LogP contribution in [-0.2, 0) is 4.79 Å². The summed E-state index contributed by atoms with van der Waals surface area (Å²) in [6.45, 7) is 0. The molecule has 1 aromatic heterocycles. The molecule has 3 nitrogen and oxygen atoms in total. The fourth-order valence-corrected chi connectivity index (χ4v) is 1.93. The number of nitrogens with zero attached hydrogens (tertiary/aromatic N) is 1. The van der Waals surface area contributed by atoms with E-state index < -0.39 is 35.9 Å². The number of rotatable bonds is 6. The molecule has 0 radical (unpaired) electrons. The van der Waals surface area contributed by atoms with Crippen molar-refractivity contribution in [2.45, 2.75) is 24.2 Å². The highest BCUT2D eigenvalue weighted by Gasteiger charge is 2.79. The number of aromatic nitrogens is 1. The smallest absolute Gasteiger partial charge is 0.411 e. The number of ether oxygens (including phenoxy) is 1. The number of alkyl halides is 8. The maximum absolute atomic E-state index is 13.6. The molecule has 0 saturated carbocycles. The van der Waals surface area contributed by atoms with Gasteiger partial charge in [-0.2, -0.15) is 26.3 Å². The highest BCUT2D eigenvalue weighted by molar-refractivity contribution is 5.83. The lowest BCUT2D eigenvalue weighted by atomic mass is 10.0. The van der Waals surface area contributed by atoms with Crippen LogP contribution >= 0.6 is 0 Å². The molecule has 2 aromatic rings. The zero-order valence-electron chi connectivity index (χ0n) is 13.0. The van der Waals surface area contributed by atoms with E-state index in [-0.39, 0.29) is 11.3 Å². The van der Waals surface area contributed by atoms with Crippen LogP contribution in [0.25, 0.3) is 11.3 Å². The molecule has 1 heterocycles. The van der Waals surface area contributed by atoms with Gasteiger partial charge in [0.2, 0.25) is 0 Å². The quantitative estimate of drug-likeness (QED) is 0.397. The summed E-state index contributed by atoms with van der Waals surface area (Å²) in [6, 6.07) is 9.05. The van der Waals surface area contributed by atoms with Crippen molar-refractivity contribution in [1.29, 1.82) is 0 Å². The van der Waals surface area contributed by atoms with Crippen LogP contribution in [0.3, 0.4) is 0 Å². The molecule has 0 saturated heterocycles. The molecule has 0 unspecified atom stereocenters. The first-order valence-electron chi connectivity index (χ1n) is 7.07. The summed E-state index contributed by atoms with van der Waals surface area (Å²) in [7, 11) is 0. The van der Waals surface area contributed by atoms with E-state index in [1.807, 2.05) is 0 Å². The van der Waals surface area contributed by atoms with Crippen LogP contribution in [0.1, 0.15) is 0 Å². The minimum Gasteiger partial charge on any atom is -0.421 e. The molecule has 0 amide bonds. The predicted octanol–water partition coefficient (Wildman–Crippen LogP) is 4.83. The molecule has 0 bridgehead atoms. The Hall–Kier alpha value is -2.72. The molecule has 0 atom stereocenters. The molecule has 146 valence electrons. The van der Waals surface area contributed by atoms with Crippen molar-refractivity contribution in [1.82, 2.24) is 4.98 Å². The fraction of sp³-hybridized carbons (Fsp3) is 0.250. The lowest BCUT2D eigenvalue weighted by Gasteiger charge is -2.30. The summed E-state index contributed by atoms with van der Waals surface area (Å²) in [6.07, 6.45) is -3.84. The van der Waals surface area contributed by atoms with Gasteiger partial charge in [0.1, 0.15) is 5.75 Å². The van der Waals surface area contributed by atoms with Crippen LogP contribution in [0.5, 0.6) is 5.75 Å². The first kappa shape index (κ1) is 20.6. The van der Waals surface area contributed by atoms with Gasteiger partial charge in [-0.3, -0.25) is 4.98 Å². The Labute approximate surface area is 146 Å². The van der Waals surface area contributed by atoms with Crippen LogP contribution in [0.4, 0.5) is 35.1 Å². The second-order valence-corrected chi connectivity index (χ2v) is 5.17. The van der Waals surface area contributed by atoms with Crippen molar-refractivity contribution in [2.24, 2.45) is 0 Å². The van der Waals surface area contributed by atoms with Gasteiger partial charge in [-0.15, -0.1) is 0 Å². The fourth-order valence-electron chi connectivity index (χ4n) is 1.93. The minimum absolute atomic E-state index is 0.0915. The van der Waals surface area contributed by atoms with Crippen LogP contribution < -0.4 is 4.74 Å². The zero-order chi connectivity index (χ0) is 20.5. The molecule has 0 aliphatic rings. The van der Waals surface area contributed by atoms with E-state index in [0.717, 1.165) is 6.07 Å². The number of carbonyl (C=O) groups excluding carboxylic acids is 1. The monoisotopic (exact) mass is 399 g/mol. The number of para-hydroxylation sites is 1. The van der Waals surface area contributed by atoms with Crippen LogP contribution in [-0.4, -0.2) is 35.1 Å². The summed E-state index contributed by atoms with van der Waals surface area (Å²) < 4.78 is 108. The van der Waals surface area contributed by atoms with Crippen LogP contribution in [0.15, 0.2) is 48.7 Å². The molecule has 0 aliphatic carbocycles. The van der Waals surface area contributed by atoms with Crippen molar-refractivity contribution < 1.29 is 44.7 Å². The maximum Gasteiger partial charge on any atom is 0.411 e. The minimum atomic E-state index is -6.69. The molecule has 0 fully saturated rings. The van der Waals surface area contributed by atoms with Crippen molar-refractivity contribution in [2.75, 3.05) is 0 Å². The van der Waals surface area contributed by atoms with E-state index in [1.54, 1.807) is 0 Å². The third-order valence-corrected chi connectivity index (χ3v) is 3.37.